The molecule has 7 heteroatoms. The first-order valence-electron chi connectivity index (χ1n) is 5.63. The van der Waals surface area contributed by atoms with E-state index < -0.39 is 23.5 Å². The molecule has 21 heavy (non-hydrogen) atoms. The molecule has 0 amide bonds. The third-order valence-electron chi connectivity index (χ3n) is 2.79. The van der Waals surface area contributed by atoms with Gasteiger partial charge in [0, 0.05) is 4.47 Å². The maximum absolute atomic E-state index is 12.7. The number of alkyl halides is 6. The van der Waals surface area contributed by atoms with Crippen LogP contribution >= 0.6 is 15.9 Å². The Hall–Kier alpha value is -1.50. The van der Waals surface area contributed by atoms with Crippen molar-refractivity contribution in [3.05, 3.63) is 58.1 Å². The molecule has 0 N–H and O–H groups in total. The lowest BCUT2D eigenvalue weighted by Gasteiger charge is -2.13. The molecule has 0 bridgehead atoms. The van der Waals surface area contributed by atoms with Gasteiger partial charge in [0.2, 0.25) is 0 Å². The van der Waals surface area contributed by atoms with E-state index in [2.05, 4.69) is 15.9 Å². The van der Waals surface area contributed by atoms with Crippen molar-refractivity contribution in [1.29, 1.82) is 0 Å². The third-order valence-corrected chi connectivity index (χ3v) is 3.49. The Bertz CT molecular complexity index is 657. The van der Waals surface area contributed by atoms with E-state index in [4.69, 9.17) is 0 Å². The van der Waals surface area contributed by atoms with Crippen LogP contribution in [0.15, 0.2) is 46.9 Å². The lowest BCUT2D eigenvalue weighted by molar-refractivity contribution is -0.138. The van der Waals surface area contributed by atoms with Crippen LogP contribution < -0.4 is 0 Å². The fraction of sp³-hybridized carbons (Fsp3) is 0.143. The maximum atomic E-state index is 12.7. The van der Waals surface area contributed by atoms with Gasteiger partial charge in [-0.15, -0.1) is 0 Å². The SMILES string of the molecule is FC(F)(F)c1cccc(-c2cc(C(F)(F)F)ccc2Br)c1. The van der Waals surface area contributed by atoms with E-state index in [9.17, 15) is 26.3 Å². The van der Waals surface area contributed by atoms with Gasteiger partial charge in [-0.25, -0.2) is 0 Å². The summed E-state index contributed by atoms with van der Waals surface area (Å²) in [7, 11) is 0. The molecule has 0 aliphatic carbocycles. The molecule has 0 spiro atoms. The standard InChI is InChI=1S/C14H7BrF6/c15-12-5-4-10(14(19,20)21)7-11(12)8-2-1-3-9(6-8)13(16,17)18/h1-7H. The first kappa shape index (κ1) is 15.9. The molecule has 2 aromatic rings. The van der Waals surface area contributed by atoms with E-state index in [0.717, 1.165) is 30.3 Å². The molecule has 2 aromatic carbocycles. The van der Waals surface area contributed by atoms with Gasteiger partial charge in [0.25, 0.3) is 0 Å². The van der Waals surface area contributed by atoms with Crippen LogP contribution in [0.3, 0.4) is 0 Å². The minimum Gasteiger partial charge on any atom is -0.166 e. The first-order valence-corrected chi connectivity index (χ1v) is 6.43. The average molecular weight is 369 g/mol. The molecule has 0 unspecified atom stereocenters. The second-order valence-electron chi connectivity index (χ2n) is 4.27. The van der Waals surface area contributed by atoms with Gasteiger partial charge in [0.05, 0.1) is 11.1 Å². The number of halogens is 7. The smallest absolute Gasteiger partial charge is 0.166 e. The molecule has 0 radical (unpaired) electrons. The second kappa shape index (κ2) is 5.36. The van der Waals surface area contributed by atoms with Gasteiger partial charge in [-0.05, 0) is 41.5 Å². The molecular formula is C14H7BrF6. The van der Waals surface area contributed by atoms with Crippen LogP contribution in [0.1, 0.15) is 11.1 Å². The second-order valence-corrected chi connectivity index (χ2v) is 5.13. The van der Waals surface area contributed by atoms with Gasteiger partial charge in [0.1, 0.15) is 0 Å². The Labute approximate surface area is 124 Å². The summed E-state index contributed by atoms with van der Waals surface area (Å²) in [6, 6.07) is 7.02. The molecule has 0 aromatic heterocycles. The zero-order chi connectivity index (χ0) is 15.8. The monoisotopic (exact) mass is 368 g/mol. The van der Waals surface area contributed by atoms with Gasteiger partial charge in [0.15, 0.2) is 0 Å². The third kappa shape index (κ3) is 3.58. The molecule has 0 saturated heterocycles. The number of rotatable bonds is 1. The predicted octanol–water partition coefficient (Wildman–Crippen LogP) is 6.15. The van der Waals surface area contributed by atoms with E-state index in [-0.39, 0.29) is 15.6 Å². The molecule has 0 aliphatic rings. The van der Waals surface area contributed by atoms with E-state index in [1.165, 1.54) is 12.1 Å². The van der Waals surface area contributed by atoms with Gasteiger partial charge in [-0.3, -0.25) is 0 Å². The molecule has 0 nitrogen and oxygen atoms in total. The Morgan fingerprint density at radius 3 is 1.86 bits per heavy atom. The fourth-order valence-electron chi connectivity index (χ4n) is 1.79. The van der Waals surface area contributed by atoms with Crippen molar-refractivity contribution in [2.24, 2.45) is 0 Å². The van der Waals surface area contributed by atoms with E-state index in [1.54, 1.807) is 0 Å². The van der Waals surface area contributed by atoms with Crippen molar-refractivity contribution in [1.82, 2.24) is 0 Å². The molecule has 0 fully saturated rings. The topological polar surface area (TPSA) is 0 Å². The summed E-state index contributed by atoms with van der Waals surface area (Å²) in [5.41, 5.74) is -1.72. The van der Waals surface area contributed by atoms with Gasteiger partial charge in [-0.1, -0.05) is 28.1 Å². The normalized spacial score (nSPS) is 12.5. The fourth-order valence-corrected chi connectivity index (χ4v) is 2.26. The van der Waals surface area contributed by atoms with Crippen LogP contribution in [0.2, 0.25) is 0 Å². The summed E-state index contributed by atoms with van der Waals surface area (Å²) < 4.78 is 76.3. The van der Waals surface area contributed by atoms with E-state index >= 15 is 0 Å². The van der Waals surface area contributed by atoms with Crippen LogP contribution in [-0.4, -0.2) is 0 Å². The first-order chi connectivity index (χ1) is 9.59. The minimum atomic E-state index is -4.56. The highest BCUT2D eigenvalue weighted by atomic mass is 79.9. The number of hydrogen-bond acceptors (Lipinski definition) is 0. The molecule has 112 valence electrons. The Kier molecular flexibility index (Phi) is 4.06. The maximum Gasteiger partial charge on any atom is 0.416 e. The van der Waals surface area contributed by atoms with Crippen LogP contribution in [0.4, 0.5) is 26.3 Å². The summed E-state index contributed by atoms with van der Waals surface area (Å²) in [6.07, 6.45) is -9.11. The summed E-state index contributed by atoms with van der Waals surface area (Å²) in [6.45, 7) is 0. The van der Waals surface area contributed by atoms with Crippen LogP contribution in [-0.2, 0) is 12.4 Å². The van der Waals surface area contributed by atoms with Gasteiger partial charge in [-0.2, -0.15) is 26.3 Å². The summed E-state index contributed by atoms with van der Waals surface area (Å²) in [4.78, 5) is 0. The molecular weight excluding hydrogens is 362 g/mol. The van der Waals surface area contributed by atoms with E-state index in [0.29, 0.717) is 0 Å². The van der Waals surface area contributed by atoms with Crippen LogP contribution in [0.25, 0.3) is 11.1 Å². The quantitative estimate of drug-likeness (QED) is 0.529. The van der Waals surface area contributed by atoms with Gasteiger partial charge < -0.3 is 0 Å². The zero-order valence-electron chi connectivity index (χ0n) is 10.2. The largest absolute Gasteiger partial charge is 0.416 e. The Balaban J connectivity index is 2.57. The summed E-state index contributed by atoms with van der Waals surface area (Å²) in [5.74, 6) is 0. The summed E-state index contributed by atoms with van der Waals surface area (Å²) in [5, 5.41) is 0. The lowest BCUT2D eigenvalue weighted by atomic mass is 10.0. The molecule has 2 rings (SSSR count). The lowest BCUT2D eigenvalue weighted by Crippen LogP contribution is -2.06. The van der Waals surface area contributed by atoms with Crippen molar-refractivity contribution in [2.45, 2.75) is 12.4 Å². The molecule has 0 heterocycles. The Morgan fingerprint density at radius 2 is 1.29 bits per heavy atom. The number of hydrogen-bond donors (Lipinski definition) is 0. The summed E-state index contributed by atoms with van der Waals surface area (Å²) >= 11 is 3.06. The van der Waals surface area contributed by atoms with Crippen molar-refractivity contribution < 1.29 is 26.3 Å². The minimum absolute atomic E-state index is 0.0518. The molecule has 0 atom stereocenters. The molecule has 0 aliphatic heterocycles. The van der Waals surface area contributed by atoms with Gasteiger partial charge >= 0.3 is 12.4 Å². The number of benzene rings is 2. The molecule has 0 saturated carbocycles. The predicted molar refractivity (Wildman–Crippen MR) is 69.6 cm³/mol. The van der Waals surface area contributed by atoms with E-state index in [1.807, 2.05) is 0 Å². The Morgan fingerprint density at radius 1 is 0.714 bits per heavy atom. The van der Waals surface area contributed by atoms with Crippen LogP contribution in [0.5, 0.6) is 0 Å². The highest BCUT2D eigenvalue weighted by Gasteiger charge is 2.32. The van der Waals surface area contributed by atoms with Crippen LogP contribution in [0, 0.1) is 0 Å². The highest BCUT2D eigenvalue weighted by molar-refractivity contribution is 9.10. The zero-order valence-corrected chi connectivity index (χ0v) is 11.8. The van der Waals surface area contributed by atoms with Crippen molar-refractivity contribution in [2.75, 3.05) is 0 Å². The van der Waals surface area contributed by atoms with Crippen molar-refractivity contribution in [3.63, 3.8) is 0 Å². The van der Waals surface area contributed by atoms with Crippen molar-refractivity contribution >= 4 is 15.9 Å². The highest BCUT2D eigenvalue weighted by Crippen LogP contribution is 2.38. The van der Waals surface area contributed by atoms with Crippen molar-refractivity contribution in [3.8, 4) is 11.1 Å². The average Bonchev–Trinajstić information content (AvgIpc) is 2.37.